The van der Waals surface area contributed by atoms with Gasteiger partial charge in [-0.25, -0.2) is 9.59 Å². The summed E-state index contributed by atoms with van der Waals surface area (Å²) >= 11 is 1.31. The Morgan fingerprint density at radius 1 is 1.03 bits per heavy atom. The van der Waals surface area contributed by atoms with E-state index in [9.17, 15) is 19.5 Å². The number of benzene rings is 2. The van der Waals surface area contributed by atoms with Gasteiger partial charge in [0.25, 0.3) is 0 Å². The molecular weight excluding hydrogens is 454 g/mol. The molecule has 2 aromatic heterocycles. The van der Waals surface area contributed by atoms with Gasteiger partial charge in [-0.3, -0.25) is 4.79 Å². The first-order chi connectivity index (χ1) is 16.2. The number of hydrogen-bond donors (Lipinski definition) is 2. The van der Waals surface area contributed by atoms with Crippen LogP contribution in [0.3, 0.4) is 0 Å². The molecule has 0 aliphatic heterocycles. The number of carboxylic acids is 1. The van der Waals surface area contributed by atoms with Gasteiger partial charge in [0.15, 0.2) is 0 Å². The summed E-state index contributed by atoms with van der Waals surface area (Å²) in [6.45, 7) is 5.52. The fourth-order valence-electron chi connectivity index (χ4n) is 4.29. The first-order valence-electron chi connectivity index (χ1n) is 10.8. The third-order valence-corrected chi connectivity index (χ3v) is 6.67. The van der Waals surface area contributed by atoms with Gasteiger partial charge in [-0.2, -0.15) is 11.8 Å². The van der Waals surface area contributed by atoms with Crippen molar-refractivity contribution in [2.75, 3.05) is 12.0 Å². The van der Waals surface area contributed by atoms with Crippen LogP contribution in [0.1, 0.15) is 22.5 Å². The van der Waals surface area contributed by atoms with Gasteiger partial charge < -0.3 is 19.3 Å². The number of thioether (sulfide) groups is 1. The fraction of sp³-hybridized carbons (Fsp3) is 0.269. The summed E-state index contributed by atoms with van der Waals surface area (Å²) in [6.07, 6.45) is 1.49. The highest BCUT2D eigenvalue weighted by atomic mass is 32.2. The summed E-state index contributed by atoms with van der Waals surface area (Å²) in [5, 5.41) is 13.4. The Balaban J connectivity index is 1.83. The number of aryl methyl sites for hydroxylation is 3. The Hall–Kier alpha value is -3.52. The Labute approximate surface area is 200 Å². The molecule has 0 fully saturated rings. The van der Waals surface area contributed by atoms with E-state index in [1.54, 1.807) is 13.2 Å². The van der Waals surface area contributed by atoms with E-state index < -0.39 is 23.5 Å². The van der Waals surface area contributed by atoms with E-state index in [1.807, 2.05) is 50.2 Å². The molecule has 0 spiro atoms. The number of hydrogen-bond acceptors (Lipinski definition) is 6. The van der Waals surface area contributed by atoms with Gasteiger partial charge in [0.05, 0.1) is 12.0 Å². The highest BCUT2D eigenvalue weighted by molar-refractivity contribution is 7.98. The zero-order valence-corrected chi connectivity index (χ0v) is 20.2. The molecule has 1 amide bonds. The minimum atomic E-state index is -1.12. The lowest BCUT2D eigenvalue weighted by Gasteiger charge is -2.14. The standard InChI is InChI=1S/C26H25NO6S/c1-13-17-10-19-22(16-8-6-5-7-9-16)15(3)32-24(19)14(2)23(17)33-26(31)18(13)11-21(28)27-20(12-34-4)25(29)30/h5-10,20H,11-12H2,1-4H3,(H,27,28)(H,29,30)/t20-/m0/s1. The molecule has 2 aromatic carbocycles. The number of carboxylic acid groups (broad SMARTS) is 1. The van der Waals surface area contributed by atoms with Gasteiger partial charge in [0.2, 0.25) is 5.91 Å². The maximum absolute atomic E-state index is 12.8. The summed E-state index contributed by atoms with van der Waals surface area (Å²) < 4.78 is 11.7. The topological polar surface area (TPSA) is 110 Å². The van der Waals surface area contributed by atoms with Crippen LogP contribution in [-0.4, -0.2) is 35.0 Å². The number of carbonyl (C=O) groups is 2. The summed E-state index contributed by atoms with van der Waals surface area (Å²) in [4.78, 5) is 36.8. The molecule has 0 bridgehead atoms. The van der Waals surface area contributed by atoms with E-state index in [2.05, 4.69) is 5.32 Å². The predicted molar refractivity (Wildman–Crippen MR) is 134 cm³/mol. The van der Waals surface area contributed by atoms with Crippen LogP contribution in [0, 0.1) is 20.8 Å². The van der Waals surface area contributed by atoms with E-state index in [0.717, 1.165) is 22.3 Å². The van der Waals surface area contributed by atoms with Gasteiger partial charge in [0, 0.05) is 27.7 Å². The number of nitrogens with one attached hydrogen (secondary N) is 1. The average Bonchev–Trinajstić information content (AvgIpc) is 3.14. The molecule has 0 unspecified atom stereocenters. The normalized spacial score (nSPS) is 12.2. The lowest BCUT2D eigenvalue weighted by molar-refractivity contribution is -0.141. The number of furan rings is 1. The minimum absolute atomic E-state index is 0.207. The summed E-state index contributed by atoms with van der Waals surface area (Å²) in [5.41, 5.74) is 3.97. The Morgan fingerprint density at radius 3 is 2.35 bits per heavy atom. The summed E-state index contributed by atoms with van der Waals surface area (Å²) in [5.74, 6) is -0.677. The molecule has 176 valence electrons. The second-order valence-corrected chi connectivity index (χ2v) is 9.15. The number of aliphatic carboxylic acids is 1. The van der Waals surface area contributed by atoms with Crippen molar-refractivity contribution >= 4 is 45.6 Å². The lowest BCUT2D eigenvalue weighted by Crippen LogP contribution is -2.43. The highest BCUT2D eigenvalue weighted by Gasteiger charge is 2.24. The minimum Gasteiger partial charge on any atom is -0.480 e. The third-order valence-electron chi connectivity index (χ3n) is 6.00. The molecule has 0 radical (unpaired) electrons. The van der Waals surface area contributed by atoms with E-state index in [-0.39, 0.29) is 17.7 Å². The smallest absolute Gasteiger partial charge is 0.340 e. The second-order valence-electron chi connectivity index (χ2n) is 8.24. The largest absolute Gasteiger partial charge is 0.480 e. The second kappa shape index (κ2) is 9.38. The van der Waals surface area contributed by atoms with Gasteiger partial charge >= 0.3 is 11.6 Å². The maximum Gasteiger partial charge on any atom is 0.340 e. The van der Waals surface area contributed by atoms with Crippen LogP contribution in [-0.2, 0) is 16.0 Å². The van der Waals surface area contributed by atoms with Crippen molar-refractivity contribution in [1.82, 2.24) is 5.32 Å². The number of rotatable bonds is 7. The Kier molecular flexibility index (Phi) is 6.52. The van der Waals surface area contributed by atoms with Crippen molar-refractivity contribution in [1.29, 1.82) is 0 Å². The molecule has 2 N–H and O–H groups in total. The molecule has 0 saturated carbocycles. The summed E-state index contributed by atoms with van der Waals surface area (Å²) in [6, 6.07) is 10.8. The van der Waals surface area contributed by atoms with Gasteiger partial charge in [-0.1, -0.05) is 30.3 Å². The summed E-state index contributed by atoms with van der Waals surface area (Å²) in [7, 11) is 0. The predicted octanol–water partition coefficient (Wildman–Crippen LogP) is 4.61. The van der Waals surface area contributed by atoms with Gasteiger partial charge in [-0.05, 0) is 44.2 Å². The molecule has 34 heavy (non-hydrogen) atoms. The van der Waals surface area contributed by atoms with Gasteiger partial charge in [0.1, 0.15) is 23.0 Å². The molecular formula is C26H25NO6S. The third kappa shape index (κ3) is 4.21. The van der Waals surface area contributed by atoms with Crippen molar-refractivity contribution in [3.63, 3.8) is 0 Å². The average molecular weight is 480 g/mol. The van der Waals surface area contributed by atoms with Crippen LogP contribution in [0.5, 0.6) is 0 Å². The Bertz CT molecular complexity index is 1470. The molecule has 7 nitrogen and oxygen atoms in total. The van der Waals surface area contributed by atoms with E-state index >= 15 is 0 Å². The SMILES string of the molecule is CSC[C@H](NC(=O)Cc1c(C)c2cc3c(-c4ccccc4)c(C)oc3c(C)c2oc1=O)C(=O)O. The molecule has 4 rings (SSSR count). The fourth-order valence-corrected chi connectivity index (χ4v) is 4.85. The van der Waals surface area contributed by atoms with Crippen molar-refractivity contribution in [3.05, 3.63) is 69.3 Å². The Morgan fingerprint density at radius 2 is 1.71 bits per heavy atom. The quantitative estimate of drug-likeness (QED) is 0.373. The van der Waals surface area contributed by atoms with Crippen LogP contribution in [0.25, 0.3) is 33.1 Å². The van der Waals surface area contributed by atoms with Crippen molar-refractivity contribution in [2.24, 2.45) is 0 Å². The van der Waals surface area contributed by atoms with Crippen molar-refractivity contribution < 1.29 is 23.5 Å². The molecule has 4 aromatic rings. The van der Waals surface area contributed by atoms with E-state index in [1.165, 1.54) is 11.8 Å². The van der Waals surface area contributed by atoms with E-state index in [0.29, 0.717) is 27.7 Å². The number of amides is 1. The number of fused-ring (bicyclic) bond motifs is 2. The molecule has 2 heterocycles. The van der Waals surface area contributed by atoms with Gasteiger partial charge in [-0.15, -0.1) is 0 Å². The number of carbonyl (C=O) groups excluding carboxylic acids is 1. The molecule has 0 saturated heterocycles. The van der Waals surface area contributed by atoms with E-state index in [4.69, 9.17) is 8.83 Å². The van der Waals surface area contributed by atoms with Crippen LogP contribution in [0.15, 0.2) is 50.0 Å². The highest BCUT2D eigenvalue weighted by Crippen LogP contribution is 2.39. The van der Waals surface area contributed by atoms with Crippen LogP contribution >= 0.6 is 11.8 Å². The lowest BCUT2D eigenvalue weighted by atomic mass is 9.96. The zero-order valence-electron chi connectivity index (χ0n) is 19.4. The molecule has 1 atom stereocenters. The van der Waals surface area contributed by atoms with Crippen LogP contribution < -0.4 is 10.9 Å². The maximum atomic E-state index is 12.8. The first kappa shape index (κ1) is 23.6. The zero-order chi connectivity index (χ0) is 24.6. The molecule has 0 aliphatic carbocycles. The monoisotopic (exact) mass is 479 g/mol. The van der Waals surface area contributed by atoms with Crippen molar-refractivity contribution in [2.45, 2.75) is 33.2 Å². The molecule has 0 aliphatic rings. The van der Waals surface area contributed by atoms with Crippen LogP contribution in [0.4, 0.5) is 0 Å². The first-order valence-corrected chi connectivity index (χ1v) is 12.2. The van der Waals surface area contributed by atoms with Crippen LogP contribution in [0.2, 0.25) is 0 Å². The molecule has 8 heteroatoms. The van der Waals surface area contributed by atoms with Crippen molar-refractivity contribution in [3.8, 4) is 11.1 Å².